The fourth-order valence-electron chi connectivity index (χ4n) is 1.85. The number of hydrogen-bond donors (Lipinski definition) is 0. The maximum absolute atomic E-state index is 6.16. The second-order valence-corrected chi connectivity index (χ2v) is 5.30. The molecule has 0 atom stereocenters. The summed E-state index contributed by atoms with van der Waals surface area (Å²) in [5.41, 5.74) is 2.49. The van der Waals surface area contributed by atoms with Crippen molar-refractivity contribution in [1.82, 2.24) is 0 Å². The van der Waals surface area contributed by atoms with Gasteiger partial charge in [0.25, 0.3) is 0 Å². The average molecular weight is 340 g/mol. The number of alkyl halides is 1. The highest BCUT2D eigenvalue weighted by Gasteiger charge is 2.02. The lowest BCUT2D eigenvalue weighted by Gasteiger charge is -2.09. The van der Waals surface area contributed by atoms with Crippen LogP contribution < -0.4 is 4.74 Å². The van der Waals surface area contributed by atoms with Crippen LogP contribution in [0.3, 0.4) is 0 Å². The Morgan fingerprint density at radius 1 is 1.00 bits per heavy atom. The van der Waals surface area contributed by atoms with Gasteiger partial charge in [-0.2, -0.15) is 0 Å². The van der Waals surface area contributed by atoms with Crippen molar-refractivity contribution in [2.24, 2.45) is 0 Å². The summed E-state index contributed by atoms with van der Waals surface area (Å²) >= 11 is 9.56. The van der Waals surface area contributed by atoms with E-state index >= 15 is 0 Å². The van der Waals surface area contributed by atoms with Crippen LogP contribution in [-0.2, 0) is 11.8 Å². The minimum absolute atomic E-state index is 0.677. The first-order chi connectivity index (χ1) is 9.29. The first kappa shape index (κ1) is 14.4. The summed E-state index contributed by atoms with van der Waals surface area (Å²) in [6.45, 7) is 0.683. The Hall–Kier alpha value is -0.990. The SMILES string of the molecule is Clc1cc(CBr)ccc1OCCCc1ccccc1. The number of rotatable bonds is 6. The van der Waals surface area contributed by atoms with Crippen LogP contribution in [-0.4, -0.2) is 6.61 Å². The lowest BCUT2D eigenvalue weighted by Crippen LogP contribution is -2.00. The smallest absolute Gasteiger partial charge is 0.137 e. The Bertz CT molecular complexity index is 513. The van der Waals surface area contributed by atoms with Gasteiger partial charge in [0.05, 0.1) is 11.6 Å². The van der Waals surface area contributed by atoms with Crippen LogP contribution in [0.4, 0.5) is 0 Å². The molecule has 0 N–H and O–H groups in total. The van der Waals surface area contributed by atoms with Gasteiger partial charge in [-0.1, -0.05) is 63.9 Å². The van der Waals surface area contributed by atoms with E-state index in [0.29, 0.717) is 11.6 Å². The second kappa shape index (κ2) is 7.56. The van der Waals surface area contributed by atoms with Crippen molar-refractivity contribution in [3.05, 3.63) is 64.7 Å². The molecule has 0 radical (unpaired) electrons. The van der Waals surface area contributed by atoms with E-state index in [-0.39, 0.29) is 0 Å². The van der Waals surface area contributed by atoms with E-state index in [2.05, 4.69) is 40.2 Å². The quantitative estimate of drug-likeness (QED) is 0.516. The zero-order valence-electron chi connectivity index (χ0n) is 10.6. The third-order valence-corrected chi connectivity index (χ3v) is 3.80. The fraction of sp³-hybridized carbons (Fsp3) is 0.250. The highest BCUT2D eigenvalue weighted by molar-refractivity contribution is 9.08. The van der Waals surface area contributed by atoms with Crippen LogP contribution in [0.25, 0.3) is 0 Å². The molecule has 2 aromatic rings. The van der Waals surface area contributed by atoms with Crippen molar-refractivity contribution in [3.63, 3.8) is 0 Å². The van der Waals surface area contributed by atoms with Gasteiger partial charge in [0.2, 0.25) is 0 Å². The summed E-state index contributed by atoms with van der Waals surface area (Å²) in [5, 5.41) is 1.48. The molecule has 0 bridgehead atoms. The van der Waals surface area contributed by atoms with Gasteiger partial charge in [0.15, 0.2) is 0 Å². The van der Waals surface area contributed by atoms with Gasteiger partial charge < -0.3 is 4.74 Å². The summed E-state index contributed by atoms with van der Waals surface area (Å²) in [6, 6.07) is 16.3. The van der Waals surface area contributed by atoms with E-state index in [1.165, 1.54) is 5.56 Å². The van der Waals surface area contributed by atoms with Crippen molar-refractivity contribution in [2.75, 3.05) is 6.61 Å². The molecule has 0 fully saturated rings. The van der Waals surface area contributed by atoms with Crippen molar-refractivity contribution in [3.8, 4) is 5.75 Å². The summed E-state index contributed by atoms with van der Waals surface area (Å²) < 4.78 is 5.71. The van der Waals surface area contributed by atoms with Gasteiger partial charge in [-0.15, -0.1) is 0 Å². The molecule has 0 spiro atoms. The molecule has 0 aliphatic heterocycles. The molecule has 0 aliphatic carbocycles. The van der Waals surface area contributed by atoms with E-state index in [9.17, 15) is 0 Å². The van der Waals surface area contributed by atoms with Gasteiger partial charge in [0.1, 0.15) is 5.75 Å². The molecule has 0 amide bonds. The number of hydrogen-bond acceptors (Lipinski definition) is 1. The Balaban J connectivity index is 1.80. The number of aryl methyl sites for hydroxylation is 1. The van der Waals surface area contributed by atoms with Crippen molar-refractivity contribution >= 4 is 27.5 Å². The zero-order valence-corrected chi connectivity index (χ0v) is 13.0. The van der Waals surface area contributed by atoms with Crippen molar-refractivity contribution in [2.45, 2.75) is 18.2 Å². The van der Waals surface area contributed by atoms with E-state index in [0.717, 1.165) is 29.5 Å². The lowest BCUT2D eigenvalue weighted by molar-refractivity contribution is 0.311. The molecule has 2 aromatic carbocycles. The van der Waals surface area contributed by atoms with E-state index in [1.54, 1.807) is 0 Å². The van der Waals surface area contributed by atoms with Crippen LogP contribution in [0.5, 0.6) is 5.75 Å². The first-order valence-electron chi connectivity index (χ1n) is 6.30. The third kappa shape index (κ3) is 4.55. The molecule has 0 saturated heterocycles. The largest absolute Gasteiger partial charge is 0.492 e. The van der Waals surface area contributed by atoms with Crippen LogP contribution in [0.15, 0.2) is 48.5 Å². The van der Waals surface area contributed by atoms with Crippen LogP contribution >= 0.6 is 27.5 Å². The molecule has 100 valence electrons. The van der Waals surface area contributed by atoms with Crippen LogP contribution in [0, 0.1) is 0 Å². The molecular weight excluding hydrogens is 324 g/mol. The molecule has 2 rings (SSSR count). The van der Waals surface area contributed by atoms with Gasteiger partial charge in [-0.3, -0.25) is 0 Å². The highest BCUT2D eigenvalue weighted by atomic mass is 79.9. The van der Waals surface area contributed by atoms with Gasteiger partial charge in [-0.05, 0) is 36.1 Å². The van der Waals surface area contributed by atoms with Crippen molar-refractivity contribution < 1.29 is 4.74 Å². The number of ether oxygens (including phenoxy) is 1. The lowest BCUT2D eigenvalue weighted by atomic mass is 10.1. The molecule has 0 heterocycles. The summed E-state index contributed by atoms with van der Waals surface area (Å²) in [5.74, 6) is 0.763. The Morgan fingerprint density at radius 2 is 1.79 bits per heavy atom. The number of benzene rings is 2. The van der Waals surface area contributed by atoms with Gasteiger partial charge in [0, 0.05) is 5.33 Å². The predicted molar refractivity (Wildman–Crippen MR) is 84.3 cm³/mol. The topological polar surface area (TPSA) is 9.23 Å². The molecule has 3 heteroatoms. The van der Waals surface area contributed by atoms with Gasteiger partial charge in [-0.25, -0.2) is 0 Å². The predicted octanol–water partition coefficient (Wildman–Crippen LogP) is 5.25. The Labute approximate surface area is 127 Å². The normalized spacial score (nSPS) is 10.4. The maximum atomic E-state index is 6.16. The molecule has 0 unspecified atom stereocenters. The van der Waals surface area contributed by atoms with Crippen LogP contribution in [0.1, 0.15) is 17.5 Å². The fourth-order valence-corrected chi connectivity index (χ4v) is 2.45. The third-order valence-electron chi connectivity index (χ3n) is 2.86. The molecule has 19 heavy (non-hydrogen) atoms. The molecular formula is C16H16BrClO. The average Bonchev–Trinajstić information content (AvgIpc) is 2.46. The Morgan fingerprint density at radius 3 is 2.47 bits per heavy atom. The monoisotopic (exact) mass is 338 g/mol. The van der Waals surface area contributed by atoms with Crippen molar-refractivity contribution in [1.29, 1.82) is 0 Å². The maximum Gasteiger partial charge on any atom is 0.137 e. The highest BCUT2D eigenvalue weighted by Crippen LogP contribution is 2.26. The molecule has 0 aromatic heterocycles. The molecule has 0 aliphatic rings. The zero-order chi connectivity index (χ0) is 13.5. The van der Waals surface area contributed by atoms with Gasteiger partial charge >= 0.3 is 0 Å². The summed E-state index contributed by atoms with van der Waals surface area (Å²) in [4.78, 5) is 0. The standard InChI is InChI=1S/C16H16BrClO/c17-12-14-8-9-16(15(18)11-14)19-10-4-7-13-5-2-1-3-6-13/h1-3,5-6,8-9,11H,4,7,10,12H2. The van der Waals surface area contributed by atoms with E-state index in [1.807, 2.05) is 24.3 Å². The van der Waals surface area contributed by atoms with E-state index in [4.69, 9.17) is 16.3 Å². The number of halogens is 2. The second-order valence-electron chi connectivity index (χ2n) is 4.34. The van der Waals surface area contributed by atoms with Crippen LogP contribution in [0.2, 0.25) is 5.02 Å². The minimum Gasteiger partial charge on any atom is -0.492 e. The first-order valence-corrected chi connectivity index (χ1v) is 7.80. The summed E-state index contributed by atoms with van der Waals surface area (Å²) in [7, 11) is 0. The molecule has 1 nitrogen and oxygen atoms in total. The summed E-state index contributed by atoms with van der Waals surface area (Å²) in [6.07, 6.45) is 2.01. The Kier molecular flexibility index (Phi) is 5.74. The molecule has 0 saturated carbocycles. The minimum atomic E-state index is 0.677. The van der Waals surface area contributed by atoms with E-state index < -0.39 is 0 Å².